The Morgan fingerprint density at radius 3 is 2.47 bits per heavy atom. The molecule has 188 valence electrons. The van der Waals surface area contributed by atoms with E-state index >= 15 is 0 Å². The number of piperidine rings is 1. The molecule has 1 atom stereocenters. The van der Waals surface area contributed by atoms with Crippen LogP contribution in [0.4, 0.5) is 5.69 Å². The van der Waals surface area contributed by atoms with Gasteiger partial charge in [0.2, 0.25) is 5.91 Å². The molecule has 8 heteroatoms. The maximum atomic E-state index is 12.7. The lowest BCUT2D eigenvalue weighted by atomic mass is 10.1. The van der Waals surface area contributed by atoms with E-state index in [1.54, 1.807) is 11.0 Å². The van der Waals surface area contributed by atoms with E-state index in [-0.39, 0.29) is 30.0 Å². The number of hydrogen-bond donors (Lipinski definition) is 1. The minimum absolute atomic E-state index is 0.00730. The van der Waals surface area contributed by atoms with Crippen molar-refractivity contribution >= 4 is 29.1 Å². The minimum Gasteiger partial charge on any atom is -0.361 e. The molecule has 2 fully saturated rings. The van der Waals surface area contributed by atoms with Crippen molar-refractivity contribution in [3.8, 4) is 0 Å². The Balaban J connectivity index is 1.12. The third-order valence-electron chi connectivity index (χ3n) is 6.93. The number of nitrogens with zero attached hydrogens (tertiary/aromatic N) is 3. The molecular formula is C28H31ClN4O3. The van der Waals surface area contributed by atoms with Crippen LogP contribution in [0.2, 0.25) is 5.02 Å². The third-order valence-corrected chi connectivity index (χ3v) is 7.18. The summed E-state index contributed by atoms with van der Waals surface area (Å²) in [4.78, 5) is 29.6. The van der Waals surface area contributed by atoms with Gasteiger partial charge in [0.25, 0.3) is 5.91 Å². The van der Waals surface area contributed by atoms with Gasteiger partial charge in [-0.15, -0.1) is 0 Å². The van der Waals surface area contributed by atoms with Gasteiger partial charge in [0.05, 0.1) is 6.04 Å². The van der Waals surface area contributed by atoms with Gasteiger partial charge in [-0.25, -0.2) is 0 Å². The molecule has 2 aliphatic heterocycles. The van der Waals surface area contributed by atoms with Crippen LogP contribution in [-0.4, -0.2) is 47.5 Å². The molecule has 2 amide bonds. The van der Waals surface area contributed by atoms with E-state index in [2.05, 4.69) is 27.5 Å². The number of aromatic nitrogens is 1. The van der Waals surface area contributed by atoms with Gasteiger partial charge in [0.15, 0.2) is 5.69 Å². The molecule has 2 aliphatic rings. The van der Waals surface area contributed by atoms with Crippen LogP contribution < -0.4 is 10.2 Å². The van der Waals surface area contributed by atoms with E-state index in [4.69, 9.17) is 16.1 Å². The van der Waals surface area contributed by atoms with Crippen molar-refractivity contribution in [1.29, 1.82) is 0 Å². The number of amides is 2. The summed E-state index contributed by atoms with van der Waals surface area (Å²) in [6.45, 7) is 3.70. The van der Waals surface area contributed by atoms with Crippen molar-refractivity contribution in [2.45, 2.75) is 51.1 Å². The van der Waals surface area contributed by atoms with Crippen molar-refractivity contribution in [2.75, 3.05) is 24.5 Å². The summed E-state index contributed by atoms with van der Waals surface area (Å²) < 4.78 is 5.36. The highest BCUT2D eigenvalue weighted by Crippen LogP contribution is 2.23. The summed E-state index contributed by atoms with van der Waals surface area (Å²) in [5.41, 5.74) is 3.49. The molecule has 2 aromatic carbocycles. The maximum Gasteiger partial charge on any atom is 0.273 e. The molecule has 0 radical (unpaired) electrons. The molecule has 1 N–H and O–H groups in total. The quantitative estimate of drug-likeness (QED) is 0.481. The van der Waals surface area contributed by atoms with Crippen LogP contribution in [0.25, 0.3) is 0 Å². The van der Waals surface area contributed by atoms with Crippen LogP contribution in [0.5, 0.6) is 0 Å². The molecule has 3 heterocycles. The first kappa shape index (κ1) is 24.5. The number of likely N-dealkylation sites (tertiary alicyclic amines) is 1. The Hall–Kier alpha value is -3.16. The van der Waals surface area contributed by atoms with Crippen LogP contribution in [0.3, 0.4) is 0 Å². The summed E-state index contributed by atoms with van der Waals surface area (Å²) in [6, 6.07) is 17.3. The van der Waals surface area contributed by atoms with Crippen molar-refractivity contribution < 1.29 is 14.1 Å². The molecule has 0 saturated carbocycles. The average Bonchev–Trinajstić information content (AvgIpc) is 3.51. The van der Waals surface area contributed by atoms with E-state index in [0.717, 1.165) is 37.3 Å². The number of rotatable bonds is 8. The van der Waals surface area contributed by atoms with Gasteiger partial charge in [0.1, 0.15) is 5.76 Å². The zero-order valence-corrected chi connectivity index (χ0v) is 21.0. The lowest BCUT2D eigenvalue weighted by Gasteiger charge is -2.26. The number of carbonyl (C=O) groups is 2. The molecule has 0 aliphatic carbocycles. The second-order valence-electron chi connectivity index (χ2n) is 9.69. The largest absolute Gasteiger partial charge is 0.361 e. The summed E-state index contributed by atoms with van der Waals surface area (Å²) in [5, 5.41) is 7.57. The fourth-order valence-corrected chi connectivity index (χ4v) is 5.05. The second kappa shape index (κ2) is 11.3. The van der Waals surface area contributed by atoms with E-state index < -0.39 is 0 Å². The molecule has 1 unspecified atom stereocenters. The van der Waals surface area contributed by atoms with E-state index in [1.165, 1.54) is 24.8 Å². The molecule has 36 heavy (non-hydrogen) atoms. The van der Waals surface area contributed by atoms with Gasteiger partial charge < -0.3 is 14.7 Å². The smallest absolute Gasteiger partial charge is 0.273 e. The second-order valence-corrected chi connectivity index (χ2v) is 10.1. The highest BCUT2D eigenvalue weighted by atomic mass is 35.5. The van der Waals surface area contributed by atoms with E-state index in [0.29, 0.717) is 23.7 Å². The number of halogens is 1. The molecule has 2 saturated heterocycles. The van der Waals surface area contributed by atoms with Crippen LogP contribution in [-0.2, 0) is 24.2 Å². The van der Waals surface area contributed by atoms with E-state index in [1.807, 2.05) is 36.4 Å². The summed E-state index contributed by atoms with van der Waals surface area (Å²) in [6.07, 6.45) is 5.52. The first-order valence-electron chi connectivity index (χ1n) is 12.7. The predicted octanol–water partition coefficient (Wildman–Crippen LogP) is 4.63. The SMILES string of the molecule is O=C(NC1CC(=O)N(c2ccc(CN3CCCCC3)cc2)C1)c1cc(CCc2ccc(Cl)cc2)on1. The number of aryl methyl sites for hydroxylation is 2. The average molecular weight is 507 g/mol. The first-order chi connectivity index (χ1) is 17.5. The Morgan fingerprint density at radius 2 is 1.72 bits per heavy atom. The number of benzene rings is 2. The number of hydrogen-bond acceptors (Lipinski definition) is 5. The van der Waals surface area contributed by atoms with Crippen molar-refractivity contribution in [1.82, 2.24) is 15.4 Å². The Bertz CT molecular complexity index is 1190. The molecular weight excluding hydrogens is 476 g/mol. The first-order valence-corrected chi connectivity index (χ1v) is 13.0. The molecule has 1 aromatic heterocycles. The normalized spacial score (nSPS) is 18.5. The fourth-order valence-electron chi connectivity index (χ4n) is 4.93. The molecule has 3 aromatic rings. The minimum atomic E-state index is -0.326. The van der Waals surface area contributed by atoms with Crippen LogP contribution in [0.15, 0.2) is 59.1 Å². The Kier molecular flexibility index (Phi) is 7.68. The molecule has 7 nitrogen and oxygen atoms in total. The van der Waals surface area contributed by atoms with Crippen LogP contribution >= 0.6 is 11.6 Å². The predicted molar refractivity (Wildman–Crippen MR) is 139 cm³/mol. The third kappa shape index (κ3) is 6.15. The number of carbonyl (C=O) groups excluding carboxylic acids is 2. The Morgan fingerprint density at radius 1 is 1.00 bits per heavy atom. The number of nitrogens with one attached hydrogen (secondary N) is 1. The molecule has 0 bridgehead atoms. The van der Waals surface area contributed by atoms with Crippen LogP contribution in [0.1, 0.15) is 53.1 Å². The standard InChI is InChI=1S/C28H31ClN4O3/c29-22-9-4-20(5-10-22)8-13-25-17-26(31-36-25)28(35)30-23-16-27(34)33(19-23)24-11-6-21(7-12-24)18-32-14-2-1-3-15-32/h4-7,9-12,17,23H,1-3,8,13-16,18-19H2,(H,30,35). The van der Waals surface area contributed by atoms with Gasteiger partial charge in [-0.2, -0.15) is 0 Å². The zero-order valence-electron chi connectivity index (χ0n) is 20.3. The Labute approximate surface area is 216 Å². The van der Waals surface area contributed by atoms with Crippen molar-refractivity contribution in [3.05, 3.63) is 82.2 Å². The van der Waals surface area contributed by atoms with E-state index in [9.17, 15) is 9.59 Å². The van der Waals surface area contributed by atoms with Crippen molar-refractivity contribution in [2.24, 2.45) is 0 Å². The molecule has 0 spiro atoms. The lowest BCUT2D eigenvalue weighted by molar-refractivity contribution is -0.117. The zero-order chi connectivity index (χ0) is 24.9. The lowest BCUT2D eigenvalue weighted by Crippen LogP contribution is -2.37. The summed E-state index contributed by atoms with van der Waals surface area (Å²) in [5.74, 6) is 0.324. The monoisotopic (exact) mass is 506 g/mol. The fraction of sp³-hybridized carbons (Fsp3) is 0.393. The van der Waals surface area contributed by atoms with Gasteiger partial charge in [-0.05, 0) is 67.7 Å². The topological polar surface area (TPSA) is 78.7 Å². The number of anilines is 1. The summed E-state index contributed by atoms with van der Waals surface area (Å²) >= 11 is 5.93. The highest BCUT2D eigenvalue weighted by Gasteiger charge is 2.32. The van der Waals surface area contributed by atoms with Crippen molar-refractivity contribution in [3.63, 3.8) is 0 Å². The van der Waals surface area contributed by atoms with Gasteiger partial charge in [-0.1, -0.05) is 47.4 Å². The van der Waals surface area contributed by atoms with Gasteiger partial charge in [-0.3, -0.25) is 14.5 Å². The summed E-state index contributed by atoms with van der Waals surface area (Å²) in [7, 11) is 0. The van der Waals surface area contributed by atoms with Gasteiger partial charge >= 0.3 is 0 Å². The van der Waals surface area contributed by atoms with Crippen LogP contribution in [0, 0.1) is 0 Å². The van der Waals surface area contributed by atoms with Gasteiger partial charge in [0, 0.05) is 42.7 Å². The molecule has 5 rings (SSSR count). The highest BCUT2D eigenvalue weighted by molar-refractivity contribution is 6.30. The maximum absolute atomic E-state index is 12.7.